The number of aliphatic imine (C=N–C) groups is 1. The average molecular weight is 549 g/mol. The quantitative estimate of drug-likeness (QED) is 0.489. The molecule has 9 heteroatoms. The van der Waals surface area contributed by atoms with E-state index < -0.39 is 42.2 Å². The van der Waals surface area contributed by atoms with Gasteiger partial charge in [-0.05, 0) is 43.2 Å². The first-order valence-electron chi connectivity index (χ1n) is 14.2. The zero-order valence-corrected chi connectivity index (χ0v) is 22.9. The zero-order valence-electron chi connectivity index (χ0n) is 22.9. The number of para-hydroxylation sites is 1. The summed E-state index contributed by atoms with van der Waals surface area (Å²) < 4.78 is 13.2. The van der Waals surface area contributed by atoms with E-state index in [2.05, 4.69) is 10.6 Å². The van der Waals surface area contributed by atoms with Crippen LogP contribution in [-0.2, 0) is 21.1 Å². The lowest BCUT2D eigenvalue weighted by atomic mass is 9.84. The largest absolute Gasteiger partial charge is 0.383 e. The number of carbonyl (C=O) groups excluding carboxylic acids is 3. The molecule has 2 aliphatic carbocycles. The van der Waals surface area contributed by atoms with Gasteiger partial charge in [-0.1, -0.05) is 74.6 Å². The predicted octanol–water partition coefficient (Wildman–Crippen LogP) is 3.78. The number of hydrogen-bond acceptors (Lipinski definition) is 5. The molecule has 212 valence electrons. The van der Waals surface area contributed by atoms with E-state index in [1.165, 1.54) is 4.90 Å². The molecule has 8 nitrogen and oxygen atoms in total. The highest BCUT2D eigenvalue weighted by Gasteiger charge is 2.46. The SMILES string of the molecule is CN1C(=O)C(NC(=O)C2(NC(=O)[C@H](O)C3CCCCC3)CCCC2)N=C(c2ccc(CF)cc2)c2ccccc21. The van der Waals surface area contributed by atoms with Crippen LogP contribution in [0.1, 0.15) is 74.5 Å². The van der Waals surface area contributed by atoms with E-state index in [0.29, 0.717) is 40.9 Å². The van der Waals surface area contributed by atoms with Gasteiger partial charge in [-0.2, -0.15) is 0 Å². The maximum Gasteiger partial charge on any atom is 0.272 e. The van der Waals surface area contributed by atoms with E-state index in [-0.39, 0.29) is 5.92 Å². The number of nitrogens with one attached hydrogen (secondary N) is 2. The van der Waals surface area contributed by atoms with E-state index in [4.69, 9.17) is 4.99 Å². The smallest absolute Gasteiger partial charge is 0.272 e. The second-order valence-electron chi connectivity index (χ2n) is 11.2. The standard InChI is InChI=1S/C31H37FN4O4/c1-36-24-12-6-5-11-23(24)25(21-15-13-20(19-32)14-16-21)33-27(29(36)39)34-30(40)31(17-7-8-18-31)35-28(38)26(37)22-9-3-2-4-10-22/h5-6,11-16,22,26-27,37H,2-4,7-10,17-19H2,1H3,(H,34,40)(H,35,38)/t26-,27?/m1/s1. The Balaban J connectivity index is 1.43. The molecule has 2 aromatic rings. The molecule has 0 saturated heterocycles. The van der Waals surface area contributed by atoms with Crippen LogP contribution in [0.15, 0.2) is 53.5 Å². The fourth-order valence-electron chi connectivity index (χ4n) is 6.22. The number of benzodiazepines with no additional fused rings is 1. The Morgan fingerprint density at radius 1 is 1.05 bits per heavy atom. The molecular formula is C31H37FN4O4. The van der Waals surface area contributed by atoms with Gasteiger partial charge in [0.25, 0.3) is 5.91 Å². The third kappa shape index (κ3) is 5.52. The monoisotopic (exact) mass is 548 g/mol. The molecule has 0 radical (unpaired) electrons. The molecular weight excluding hydrogens is 511 g/mol. The van der Waals surface area contributed by atoms with Crippen molar-refractivity contribution < 1.29 is 23.9 Å². The minimum absolute atomic E-state index is 0.109. The number of likely N-dealkylation sites (N-methyl/N-ethyl adjacent to an activating group) is 1. The highest BCUT2D eigenvalue weighted by Crippen LogP contribution is 2.33. The van der Waals surface area contributed by atoms with Crippen LogP contribution >= 0.6 is 0 Å². The summed E-state index contributed by atoms with van der Waals surface area (Å²) in [6.07, 6.45) is 4.57. The summed E-state index contributed by atoms with van der Waals surface area (Å²) in [5.74, 6) is -1.54. The minimum atomic E-state index is -1.24. The molecule has 1 heterocycles. The molecule has 40 heavy (non-hydrogen) atoms. The van der Waals surface area contributed by atoms with Crippen molar-refractivity contribution in [3.05, 3.63) is 65.2 Å². The maximum absolute atomic E-state index is 13.8. The minimum Gasteiger partial charge on any atom is -0.383 e. The summed E-state index contributed by atoms with van der Waals surface area (Å²) in [7, 11) is 1.64. The van der Waals surface area contributed by atoms with Crippen LogP contribution in [0.4, 0.5) is 10.1 Å². The van der Waals surface area contributed by atoms with E-state index in [1.807, 2.05) is 24.3 Å². The van der Waals surface area contributed by atoms with Crippen molar-refractivity contribution in [2.24, 2.45) is 10.9 Å². The number of amides is 3. The van der Waals surface area contributed by atoms with Gasteiger partial charge in [-0.3, -0.25) is 14.4 Å². The van der Waals surface area contributed by atoms with Crippen molar-refractivity contribution in [2.75, 3.05) is 11.9 Å². The third-order valence-electron chi connectivity index (χ3n) is 8.61. The molecule has 1 unspecified atom stereocenters. The molecule has 0 spiro atoms. The van der Waals surface area contributed by atoms with Gasteiger partial charge in [0.05, 0.1) is 11.4 Å². The lowest BCUT2D eigenvalue weighted by Crippen LogP contribution is -2.62. The second-order valence-corrected chi connectivity index (χ2v) is 11.2. The maximum atomic E-state index is 13.8. The van der Waals surface area contributed by atoms with Gasteiger partial charge in [-0.25, -0.2) is 9.38 Å². The summed E-state index contributed by atoms with van der Waals surface area (Å²) in [5.41, 5.74) is 1.84. The Morgan fingerprint density at radius 3 is 2.40 bits per heavy atom. The van der Waals surface area contributed by atoms with Gasteiger partial charge in [-0.15, -0.1) is 0 Å². The molecule has 5 rings (SSSR count). The lowest BCUT2D eigenvalue weighted by molar-refractivity contribution is -0.140. The first-order valence-corrected chi connectivity index (χ1v) is 14.2. The Bertz CT molecular complexity index is 1280. The number of aliphatic hydroxyl groups excluding tert-OH is 1. The lowest BCUT2D eigenvalue weighted by Gasteiger charge is -2.33. The number of aliphatic hydroxyl groups is 1. The van der Waals surface area contributed by atoms with Gasteiger partial charge < -0.3 is 20.6 Å². The second kappa shape index (κ2) is 11.9. The van der Waals surface area contributed by atoms with Crippen LogP contribution in [0.3, 0.4) is 0 Å². The number of carbonyl (C=O) groups is 3. The van der Waals surface area contributed by atoms with Gasteiger partial charge in [0.2, 0.25) is 18.0 Å². The number of hydrogen-bond donors (Lipinski definition) is 3. The Kier molecular flexibility index (Phi) is 8.30. The van der Waals surface area contributed by atoms with Crippen LogP contribution < -0.4 is 15.5 Å². The number of fused-ring (bicyclic) bond motifs is 1. The van der Waals surface area contributed by atoms with Crippen molar-refractivity contribution >= 4 is 29.1 Å². The molecule has 3 aliphatic rings. The van der Waals surface area contributed by atoms with E-state index in [9.17, 15) is 23.9 Å². The van der Waals surface area contributed by atoms with Crippen molar-refractivity contribution in [1.82, 2.24) is 10.6 Å². The molecule has 2 atom stereocenters. The van der Waals surface area contributed by atoms with Crippen LogP contribution in [0.2, 0.25) is 0 Å². The highest BCUT2D eigenvalue weighted by atomic mass is 19.1. The molecule has 2 fully saturated rings. The van der Waals surface area contributed by atoms with Gasteiger partial charge >= 0.3 is 0 Å². The van der Waals surface area contributed by atoms with Crippen LogP contribution in [-0.4, -0.2) is 53.4 Å². The van der Waals surface area contributed by atoms with Gasteiger partial charge in [0.15, 0.2) is 0 Å². The first kappa shape index (κ1) is 28.0. The van der Waals surface area contributed by atoms with Gasteiger partial charge in [0, 0.05) is 18.2 Å². The number of anilines is 1. The van der Waals surface area contributed by atoms with Crippen LogP contribution in [0.25, 0.3) is 0 Å². The molecule has 2 saturated carbocycles. The summed E-state index contributed by atoms with van der Waals surface area (Å²) in [5, 5.41) is 16.5. The molecule has 1 aliphatic heterocycles. The molecule has 2 aromatic carbocycles. The topological polar surface area (TPSA) is 111 Å². The van der Waals surface area contributed by atoms with E-state index in [1.54, 1.807) is 31.3 Å². The fraction of sp³-hybridized carbons (Fsp3) is 0.484. The number of nitrogens with zero attached hydrogens (tertiary/aromatic N) is 2. The summed E-state index contributed by atoms with van der Waals surface area (Å²) in [4.78, 5) is 46.8. The normalized spacial score (nSPS) is 21.7. The first-order chi connectivity index (χ1) is 19.3. The predicted molar refractivity (Wildman–Crippen MR) is 151 cm³/mol. The van der Waals surface area contributed by atoms with Crippen molar-refractivity contribution in [3.63, 3.8) is 0 Å². The number of alkyl halides is 1. The molecule has 3 amide bonds. The molecule has 0 aromatic heterocycles. The van der Waals surface area contributed by atoms with Crippen molar-refractivity contribution in [2.45, 2.75) is 82.3 Å². The van der Waals surface area contributed by atoms with Gasteiger partial charge in [0.1, 0.15) is 18.3 Å². The number of rotatable bonds is 7. The summed E-state index contributed by atoms with van der Waals surface area (Å²) in [6, 6.07) is 14.2. The Labute approximate surface area is 234 Å². The Hall–Kier alpha value is -3.59. The third-order valence-corrected chi connectivity index (χ3v) is 8.61. The highest BCUT2D eigenvalue weighted by molar-refractivity contribution is 6.20. The van der Waals surface area contributed by atoms with Crippen molar-refractivity contribution in [3.8, 4) is 0 Å². The number of benzene rings is 2. The molecule has 3 N–H and O–H groups in total. The van der Waals surface area contributed by atoms with E-state index in [0.717, 1.165) is 44.9 Å². The van der Waals surface area contributed by atoms with Crippen LogP contribution in [0.5, 0.6) is 0 Å². The fourth-order valence-corrected chi connectivity index (χ4v) is 6.22. The number of halogens is 1. The molecule has 0 bridgehead atoms. The average Bonchev–Trinajstić information content (AvgIpc) is 3.44. The zero-order chi connectivity index (χ0) is 28.3. The van der Waals surface area contributed by atoms with Crippen molar-refractivity contribution in [1.29, 1.82) is 0 Å². The summed E-state index contributed by atoms with van der Waals surface area (Å²) >= 11 is 0. The van der Waals surface area contributed by atoms with Crippen LogP contribution in [0, 0.1) is 5.92 Å². The Morgan fingerprint density at radius 2 is 1.73 bits per heavy atom. The summed E-state index contributed by atoms with van der Waals surface area (Å²) in [6.45, 7) is -0.591. The van der Waals surface area contributed by atoms with E-state index >= 15 is 0 Å².